The van der Waals surface area contributed by atoms with Crippen molar-refractivity contribution in [1.29, 1.82) is 0 Å². The molecule has 3 atom stereocenters. The molecule has 34 heavy (non-hydrogen) atoms. The Morgan fingerprint density at radius 2 is 0.794 bits per heavy atom. The molecule has 0 fully saturated rings. The van der Waals surface area contributed by atoms with E-state index in [1.54, 1.807) is 0 Å². The van der Waals surface area contributed by atoms with Gasteiger partial charge in [0.25, 0.3) is 0 Å². The first-order valence-corrected chi connectivity index (χ1v) is 14.4. The molecule has 0 spiro atoms. The van der Waals surface area contributed by atoms with E-state index in [1.165, 1.54) is 0 Å². The summed E-state index contributed by atoms with van der Waals surface area (Å²) < 4.78 is 111. The van der Waals surface area contributed by atoms with Gasteiger partial charge in [-0.3, -0.25) is 0 Å². The standard InChI is InChI=1S/C8H4F9Ge.3C4H10N.Zr/c9-6(10,11)18(7(12,13)14,8(15,16)17)5-3-1-2-4-5;3*1-3-4(2)5;/h1-4H;3*4-5H,3H2,1-2H3;/q4*-1;+4. The Morgan fingerprint density at radius 3 is 0.912 bits per heavy atom. The molecule has 0 heterocycles. The Balaban J connectivity index is -0.000000231. The van der Waals surface area contributed by atoms with E-state index in [9.17, 15) is 39.5 Å². The van der Waals surface area contributed by atoms with E-state index in [4.69, 9.17) is 17.2 Å². The molecular formula is C20H34F9GeN3Zr. The second kappa shape index (κ2) is 18.3. The molecule has 1 aromatic rings. The van der Waals surface area contributed by atoms with Gasteiger partial charge in [-0.2, -0.15) is 0 Å². The van der Waals surface area contributed by atoms with Gasteiger partial charge in [0.2, 0.25) is 0 Å². The van der Waals surface area contributed by atoms with E-state index in [2.05, 4.69) is 0 Å². The van der Waals surface area contributed by atoms with Gasteiger partial charge >= 0.3 is 123 Å². The third kappa shape index (κ3) is 14.6. The minimum absolute atomic E-state index is 0. The van der Waals surface area contributed by atoms with Crippen LogP contribution in [0.3, 0.4) is 0 Å². The maximum Gasteiger partial charge on any atom is 4.00 e. The van der Waals surface area contributed by atoms with Crippen LogP contribution in [0, 0.1) is 0 Å². The summed E-state index contributed by atoms with van der Waals surface area (Å²) in [4.78, 5) is 0. The fourth-order valence-corrected chi connectivity index (χ4v) is 7.13. The number of halogens is 9. The predicted octanol–water partition coefficient (Wildman–Crippen LogP) is 8.87. The van der Waals surface area contributed by atoms with Crippen molar-refractivity contribution in [3.05, 3.63) is 41.5 Å². The SMILES string of the molecule is CCC(C)[NH-].CCC(C)[NH-].CCC(C)[NH-].F[C](F)(F)[Ge]([c-]1cccc1)([C](F)(F)F)[C](F)(F)F.[Zr+4]. The first-order chi connectivity index (χ1) is 14.7. The molecule has 0 saturated heterocycles. The van der Waals surface area contributed by atoms with Crippen LogP contribution in [-0.2, 0) is 26.2 Å². The summed E-state index contributed by atoms with van der Waals surface area (Å²) in [5.41, 5.74) is 20.5. The van der Waals surface area contributed by atoms with Gasteiger partial charge in [-0.05, 0) is 0 Å². The monoisotopic (exact) mass is 651 g/mol. The summed E-state index contributed by atoms with van der Waals surface area (Å²) in [7, 11) is 0. The summed E-state index contributed by atoms with van der Waals surface area (Å²) >= 11 is -8.38. The summed E-state index contributed by atoms with van der Waals surface area (Å²) in [6.07, 6.45) is 2.92. The quantitative estimate of drug-likeness (QED) is 0.177. The van der Waals surface area contributed by atoms with Crippen LogP contribution in [0.1, 0.15) is 60.8 Å². The van der Waals surface area contributed by atoms with Crippen molar-refractivity contribution in [1.82, 2.24) is 0 Å². The Morgan fingerprint density at radius 1 is 0.618 bits per heavy atom. The van der Waals surface area contributed by atoms with Crippen molar-refractivity contribution in [3.63, 3.8) is 0 Å². The average Bonchev–Trinajstić information content (AvgIpc) is 3.13. The van der Waals surface area contributed by atoms with Gasteiger partial charge in [0.05, 0.1) is 0 Å². The molecule has 0 radical (unpaired) electrons. The van der Waals surface area contributed by atoms with Crippen LogP contribution in [0.5, 0.6) is 0 Å². The molecule has 1 rings (SSSR count). The number of nitrogens with one attached hydrogen (secondary N) is 3. The molecule has 3 N–H and O–H groups in total. The largest absolute Gasteiger partial charge is 4.00 e. The normalized spacial score (nSPS) is 14.5. The molecule has 200 valence electrons. The van der Waals surface area contributed by atoms with Gasteiger partial charge in [0, 0.05) is 0 Å². The number of alkyl halides is 9. The van der Waals surface area contributed by atoms with Crippen molar-refractivity contribution in [3.8, 4) is 0 Å². The molecule has 0 aliphatic rings. The van der Waals surface area contributed by atoms with Gasteiger partial charge in [-0.15, -0.1) is 18.1 Å². The van der Waals surface area contributed by atoms with Crippen molar-refractivity contribution in [2.75, 3.05) is 0 Å². The van der Waals surface area contributed by atoms with E-state index in [0.29, 0.717) is 0 Å². The minimum Gasteiger partial charge on any atom is 4.00 e. The summed E-state index contributed by atoms with van der Waals surface area (Å²) in [5.74, 6) is 0. The Bertz CT molecular complexity index is 531. The van der Waals surface area contributed by atoms with Crippen LogP contribution < -0.4 is 4.40 Å². The molecule has 3 nitrogen and oxygen atoms in total. The van der Waals surface area contributed by atoms with Crippen LogP contribution >= 0.6 is 0 Å². The molecule has 0 amide bonds. The third-order valence-corrected chi connectivity index (χ3v) is 12.1. The molecule has 14 heteroatoms. The van der Waals surface area contributed by atoms with Crippen LogP contribution in [0.25, 0.3) is 17.2 Å². The van der Waals surface area contributed by atoms with Crippen molar-refractivity contribution < 1.29 is 65.7 Å². The maximum absolute atomic E-state index is 12.6. The Labute approximate surface area is 218 Å². The van der Waals surface area contributed by atoms with Gasteiger partial charge in [0.1, 0.15) is 0 Å². The topological polar surface area (TPSA) is 71.4 Å². The van der Waals surface area contributed by atoms with Crippen LogP contribution in [-0.4, -0.2) is 46.4 Å². The first-order valence-electron chi connectivity index (χ1n) is 10.2. The zero-order valence-electron chi connectivity index (χ0n) is 20.1. The predicted molar refractivity (Wildman–Crippen MR) is 118 cm³/mol. The fourth-order valence-electron chi connectivity index (χ4n) is 1.60. The van der Waals surface area contributed by atoms with Gasteiger partial charge in [-0.25, -0.2) is 0 Å². The van der Waals surface area contributed by atoms with Crippen LogP contribution in [0.2, 0.25) is 0 Å². The molecular weight excluding hydrogens is 617 g/mol. The molecule has 0 aliphatic heterocycles. The van der Waals surface area contributed by atoms with Gasteiger partial charge < -0.3 is 17.2 Å². The molecule has 0 bridgehead atoms. The molecule has 0 aliphatic carbocycles. The molecule has 0 aromatic heterocycles. The number of rotatable bonds is 4. The second-order valence-corrected chi connectivity index (χ2v) is 15.3. The summed E-state index contributed by atoms with van der Waals surface area (Å²) in [5, 5.41) is -19.1. The molecule has 1 aromatic carbocycles. The summed E-state index contributed by atoms with van der Waals surface area (Å²) in [6, 6.07) is 2.31. The van der Waals surface area contributed by atoms with E-state index in [1.807, 2.05) is 41.5 Å². The summed E-state index contributed by atoms with van der Waals surface area (Å²) in [6.45, 7) is 11.7. The number of hydrogen-bond donors (Lipinski definition) is 0. The Hall–Kier alpha value is 0.0260. The van der Waals surface area contributed by atoms with Crippen LogP contribution in [0.15, 0.2) is 24.3 Å². The van der Waals surface area contributed by atoms with Crippen molar-refractivity contribution >= 4 is 17.7 Å². The average molecular weight is 651 g/mol. The number of hydrogen-bond acceptors (Lipinski definition) is 0. The molecule has 3 unspecified atom stereocenters. The molecule has 0 saturated carbocycles. The smallest absolute Gasteiger partial charge is 4.00 e. The van der Waals surface area contributed by atoms with Crippen molar-refractivity contribution in [2.24, 2.45) is 0 Å². The van der Waals surface area contributed by atoms with E-state index >= 15 is 0 Å². The fraction of sp³-hybridized carbons (Fsp3) is 0.750. The van der Waals surface area contributed by atoms with Crippen LogP contribution in [0.4, 0.5) is 39.5 Å². The second-order valence-electron chi connectivity index (χ2n) is 7.34. The van der Waals surface area contributed by atoms with E-state index in [-0.39, 0.29) is 56.5 Å². The van der Waals surface area contributed by atoms with E-state index < -0.39 is 32.7 Å². The first kappa shape index (κ1) is 41.2. The zero-order valence-corrected chi connectivity index (χ0v) is 24.6. The van der Waals surface area contributed by atoms with Gasteiger partial charge in [0.15, 0.2) is 0 Å². The minimum atomic E-state index is -8.38. The van der Waals surface area contributed by atoms with Crippen molar-refractivity contribution in [2.45, 2.75) is 94.0 Å². The third-order valence-electron chi connectivity index (χ3n) is 4.21. The van der Waals surface area contributed by atoms with Gasteiger partial charge in [-0.1, -0.05) is 60.8 Å². The zero-order chi connectivity index (χ0) is 27.3. The maximum atomic E-state index is 12.6. The Kier molecular flexibility index (Phi) is 22.2. The van der Waals surface area contributed by atoms with E-state index in [0.717, 1.165) is 31.4 Å².